The number of carbonyl (C=O) groups excluding carboxylic acids is 2. The molecule has 126 valence electrons. The van der Waals surface area contributed by atoms with E-state index in [1.807, 2.05) is 30.6 Å². The average molecular weight is 343 g/mol. The summed E-state index contributed by atoms with van der Waals surface area (Å²) in [7, 11) is 1.83. The van der Waals surface area contributed by atoms with E-state index in [0.717, 1.165) is 19.3 Å². The van der Waals surface area contributed by atoms with Gasteiger partial charge in [0.05, 0.1) is 5.56 Å². The zero-order valence-corrected chi connectivity index (χ0v) is 14.5. The number of thiophene rings is 1. The topological polar surface area (TPSA) is 70.2 Å². The van der Waals surface area contributed by atoms with E-state index in [4.69, 9.17) is 0 Å². The maximum atomic E-state index is 12.5. The zero-order valence-electron chi connectivity index (χ0n) is 13.6. The van der Waals surface area contributed by atoms with E-state index in [-0.39, 0.29) is 11.8 Å². The Morgan fingerprint density at radius 3 is 2.75 bits per heavy atom. The number of hydrogen-bond donors (Lipinski definition) is 3. The van der Waals surface area contributed by atoms with Crippen LogP contribution in [0.1, 0.15) is 38.3 Å². The maximum absolute atomic E-state index is 12.5. The van der Waals surface area contributed by atoms with E-state index >= 15 is 0 Å². The largest absolute Gasteiger partial charge is 0.351 e. The van der Waals surface area contributed by atoms with Crippen LogP contribution in [0.5, 0.6) is 0 Å². The van der Waals surface area contributed by atoms with Gasteiger partial charge in [-0.1, -0.05) is 6.07 Å². The van der Waals surface area contributed by atoms with Gasteiger partial charge in [-0.15, -0.1) is 11.3 Å². The summed E-state index contributed by atoms with van der Waals surface area (Å²) in [4.78, 5) is 24.7. The molecule has 0 saturated heterocycles. The zero-order chi connectivity index (χ0) is 16.9. The number of aryl methyl sites for hydroxylation is 2. The van der Waals surface area contributed by atoms with E-state index < -0.39 is 0 Å². The molecule has 24 heavy (non-hydrogen) atoms. The number of rotatable bonds is 6. The third-order valence-corrected chi connectivity index (χ3v) is 4.99. The minimum atomic E-state index is -0.171. The van der Waals surface area contributed by atoms with Gasteiger partial charge in [0.2, 0.25) is 0 Å². The number of hydrogen-bond acceptors (Lipinski definition) is 4. The second-order valence-corrected chi connectivity index (χ2v) is 6.73. The molecule has 1 aromatic carbocycles. The van der Waals surface area contributed by atoms with Gasteiger partial charge in [0.15, 0.2) is 0 Å². The van der Waals surface area contributed by atoms with Crippen molar-refractivity contribution in [1.82, 2.24) is 10.6 Å². The number of amides is 2. The quantitative estimate of drug-likeness (QED) is 0.706. The van der Waals surface area contributed by atoms with Crippen LogP contribution >= 0.6 is 11.3 Å². The summed E-state index contributed by atoms with van der Waals surface area (Å²) in [5, 5.41) is 11.1. The molecule has 1 aliphatic carbocycles. The van der Waals surface area contributed by atoms with Gasteiger partial charge in [-0.3, -0.25) is 9.59 Å². The van der Waals surface area contributed by atoms with Crippen molar-refractivity contribution in [3.63, 3.8) is 0 Å². The van der Waals surface area contributed by atoms with Crippen LogP contribution < -0.4 is 16.0 Å². The fraction of sp³-hybridized carbons (Fsp3) is 0.333. The summed E-state index contributed by atoms with van der Waals surface area (Å²) >= 11 is 1.36. The van der Waals surface area contributed by atoms with Crippen LogP contribution in [0.25, 0.3) is 0 Å². The van der Waals surface area contributed by atoms with Crippen molar-refractivity contribution in [2.24, 2.45) is 0 Å². The minimum Gasteiger partial charge on any atom is -0.351 e. The highest BCUT2D eigenvalue weighted by Gasteiger charge is 2.17. The van der Waals surface area contributed by atoms with Crippen LogP contribution in [-0.2, 0) is 12.8 Å². The third-order valence-electron chi connectivity index (χ3n) is 4.16. The van der Waals surface area contributed by atoms with Crippen molar-refractivity contribution in [2.75, 3.05) is 25.5 Å². The van der Waals surface area contributed by atoms with E-state index in [0.29, 0.717) is 29.2 Å². The Bertz CT molecular complexity index is 754. The average Bonchev–Trinajstić information content (AvgIpc) is 3.23. The van der Waals surface area contributed by atoms with Gasteiger partial charge in [0, 0.05) is 18.7 Å². The highest BCUT2D eigenvalue weighted by molar-refractivity contribution is 7.14. The van der Waals surface area contributed by atoms with Crippen molar-refractivity contribution < 1.29 is 9.59 Å². The lowest BCUT2D eigenvalue weighted by molar-refractivity contribution is 0.0955. The van der Waals surface area contributed by atoms with Crippen LogP contribution in [0.3, 0.4) is 0 Å². The van der Waals surface area contributed by atoms with Crippen LogP contribution in [0.4, 0.5) is 5.00 Å². The molecule has 0 spiro atoms. The second-order valence-electron chi connectivity index (χ2n) is 5.81. The first-order valence-corrected chi connectivity index (χ1v) is 9.00. The fourth-order valence-corrected chi connectivity index (χ4v) is 3.65. The molecule has 3 N–H and O–H groups in total. The van der Waals surface area contributed by atoms with Crippen molar-refractivity contribution in [3.05, 3.63) is 51.9 Å². The highest BCUT2D eigenvalue weighted by atomic mass is 32.1. The van der Waals surface area contributed by atoms with E-state index in [1.165, 1.54) is 22.5 Å². The van der Waals surface area contributed by atoms with Crippen LogP contribution in [0.15, 0.2) is 29.6 Å². The highest BCUT2D eigenvalue weighted by Crippen LogP contribution is 2.26. The first-order chi connectivity index (χ1) is 11.7. The van der Waals surface area contributed by atoms with Crippen LogP contribution in [-0.4, -0.2) is 32.0 Å². The Balaban J connectivity index is 1.69. The van der Waals surface area contributed by atoms with Crippen LogP contribution in [0, 0.1) is 0 Å². The van der Waals surface area contributed by atoms with Gasteiger partial charge in [-0.2, -0.15) is 0 Å². The molecule has 2 amide bonds. The number of benzene rings is 1. The first kappa shape index (κ1) is 16.7. The van der Waals surface area contributed by atoms with Gasteiger partial charge in [-0.05, 0) is 61.0 Å². The normalized spacial score (nSPS) is 12.7. The molecule has 5 nitrogen and oxygen atoms in total. The van der Waals surface area contributed by atoms with Crippen molar-refractivity contribution >= 4 is 28.2 Å². The summed E-state index contributed by atoms with van der Waals surface area (Å²) in [5.41, 5.74) is 3.75. The molecule has 1 heterocycles. The van der Waals surface area contributed by atoms with Gasteiger partial charge in [0.25, 0.3) is 11.8 Å². The molecule has 0 radical (unpaired) electrons. The van der Waals surface area contributed by atoms with Crippen molar-refractivity contribution in [1.29, 1.82) is 0 Å². The Kier molecular flexibility index (Phi) is 5.27. The summed E-state index contributed by atoms with van der Waals surface area (Å²) in [6, 6.07) is 7.60. The Labute approximate surface area is 145 Å². The lowest BCUT2D eigenvalue weighted by Gasteiger charge is -2.08. The Morgan fingerprint density at radius 1 is 1.08 bits per heavy atom. The van der Waals surface area contributed by atoms with Crippen LogP contribution in [0.2, 0.25) is 0 Å². The molecule has 1 aromatic heterocycles. The number of carbonyl (C=O) groups is 2. The lowest BCUT2D eigenvalue weighted by Crippen LogP contribution is -2.30. The number of anilines is 1. The van der Waals surface area contributed by atoms with Gasteiger partial charge >= 0.3 is 0 Å². The summed E-state index contributed by atoms with van der Waals surface area (Å²) in [5.74, 6) is -0.341. The van der Waals surface area contributed by atoms with Crippen molar-refractivity contribution in [2.45, 2.75) is 19.3 Å². The standard InChI is InChI=1S/C18H21N3O2S/c1-19-8-9-20-17(23)15-7-10-24-18(15)21-16(22)14-6-5-12-3-2-4-13(12)11-14/h5-7,10-11,19H,2-4,8-9H2,1H3,(H,20,23)(H,21,22). The molecular formula is C18H21N3O2S. The Morgan fingerprint density at radius 2 is 1.92 bits per heavy atom. The minimum absolute atomic E-state index is 0.170. The van der Waals surface area contributed by atoms with Gasteiger partial charge < -0.3 is 16.0 Å². The predicted octanol–water partition coefficient (Wildman–Crippen LogP) is 2.44. The van der Waals surface area contributed by atoms with E-state index in [9.17, 15) is 9.59 Å². The van der Waals surface area contributed by atoms with Gasteiger partial charge in [-0.25, -0.2) is 0 Å². The molecule has 0 bridgehead atoms. The van der Waals surface area contributed by atoms with Crippen molar-refractivity contribution in [3.8, 4) is 0 Å². The smallest absolute Gasteiger partial charge is 0.256 e. The fourth-order valence-electron chi connectivity index (χ4n) is 2.87. The Hall–Kier alpha value is -2.18. The first-order valence-electron chi connectivity index (χ1n) is 8.12. The number of likely N-dealkylation sites (N-methyl/N-ethyl adjacent to an activating group) is 1. The van der Waals surface area contributed by atoms with E-state index in [2.05, 4.69) is 16.0 Å². The summed E-state index contributed by atoms with van der Waals surface area (Å²) in [6.07, 6.45) is 3.29. The molecule has 0 saturated carbocycles. The molecule has 0 aliphatic heterocycles. The number of nitrogens with one attached hydrogen (secondary N) is 3. The SMILES string of the molecule is CNCCNC(=O)c1ccsc1NC(=O)c1ccc2c(c1)CCC2. The molecule has 1 aliphatic rings. The maximum Gasteiger partial charge on any atom is 0.256 e. The van der Waals surface area contributed by atoms with E-state index in [1.54, 1.807) is 6.07 Å². The molecule has 3 rings (SSSR count). The molecule has 0 fully saturated rings. The second kappa shape index (κ2) is 7.59. The lowest BCUT2D eigenvalue weighted by atomic mass is 10.1. The predicted molar refractivity (Wildman–Crippen MR) is 97.0 cm³/mol. The molecule has 6 heteroatoms. The monoisotopic (exact) mass is 343 g/mol. The third kappa shape index (κ3) is 3.66. The van der Waals surface area contributed by atoms with Gasteiger partial charge in [0.1, 0.15) is 5.00 Å². The summed E-state index contributed by atoms with van der Waals surface area (Å²) in [6.45, 7) is 1.25. The molecule has 0 atom stereocenters. The summed E-state index contributed by atoms with van der Waals surface area (Å²) < 4.78 is 0. The number of fused-ring (bicyclic) bond motifs is 1. The molecule has 0 unspecified atom stereocenters. The molecular weight excluding hydrogens is 322 g/mol. The molecule has 2 aromatic rings.